The van der Waals surface area contributed by atoms with E-state index in [-0.39, 0.29) is 17.9 Å². The van der Waals surface area contributed by atoms with Crippen LogP contribution in [-0.4, -0.2) is 21.6 Å². The normalized spacial score (nSPS) is 11.8. The van der Waals surface area contributed by atoms with Gasteiger partial charge in [0.25, 0.3) is 0 Å². The zero-order valence-electron chi connectivity index (χ0n) is 13.2. The van der Waals surface area contributed by atoms with Crippen molar-refractivity contribution in [2.24, 2.45) is 7.05 Å². The number of aromatic nitrogens is 2. The lowest BCUT2D eigenvalue weighted by molar-refractivity contribution is 0.101. The Bertz CT molecular complexity index is 706. The van der Waals surface area contributed by atoms with Crippen molar-refractivity contribution in [1.29, 1.82) is 0 Å². The lowest BCUT2D eigenvalue weighted by atomic mass is 10.1. The molecule has 22 heavy (non-hydrogen) atoms. The standard InChI is InChI=1S/C16H20N4O2/c1-10-7-14(5-6-15(10)12(3)21)19-16(22)18-11(2)13-8-17-20(4)9-13/h5-9,11H,1-4H3,(H2,18,19,22)/t11-/m1/s1. The minimum absolute atomic E-state index is 0.0127. The van der Waals surface area contributed by atoms with E-state index < -0.39 is 0 Å². The van der Waals surface area contributed by atoms with Crippen molar-refractivity contribution in [2.75, 3.05) is 5.32 Å². The molecule has 0 fully saturated rings. The van der Waals surface area contributed by atoms with Crippen LogP contribution in [0.2, 0.25) is 0 Å². The summed E-state index contributed by atoms with van der Waals surface area (Å²) in [5.74, 6) is 0.0127. The van der Waals surface area contributed by atoms with E-state index in [1.807, 2.05) is 27.1 Å². The Morgan fingerprint density at radius 2 is 2.05 bits per heavy atom. The van der Waals surface area contributed by atoms with Crippen LogP contribution in [0, 0.1) is 6.92 Å². The number of nitrogens with one attached hydrogen (secondary N) is 2. The van der Waals surface area contributed by atoms with Gasteiger partial charge in [0, 0.05) is 30.1 Å². The third kappa shape index (κ3) is 3.72. The molecule has 0 spiro atoms. The smallest absolute Gasteiger partial charge is 0.319 e. The molecule has 0 aliphatic heterocycles. The molecule has 2 aromatic rings. The van der Waals surface area contributed by atoms with Crippen molar-refractivity contribution in [2.45, 2.75) is 26.8 Å². The monoisotopic (exact) mass is 300 g/mol. The van der Waals surface area contributed by atoms with Gasteiger partial charge < -0.3 is 10.6 Å². The molecule has 1 heterocycles. The summed E-state index contributed by atoms with van der Waals surface area (Å²) in [5.41, 5.74) is 3.08. The highest BCUT2D eigenvalue weighted by atomic mass is 16.2. The zero-order valence-corrected chi connectivity index (χ0v) is 13.2. The quantitative estimate of drug-likeness (QED) is 0.852. The highest BCUT2D eigenvalue weighted by Crippen LogP contribution is 2.16. The highest BCUT2D eigenvalue weighted by molar-refractivity contribution is 5.96. The van der Waals surface area contributed by atoms with Gasteiger partial charge in [-0.05, 0) is 44.5 Å². The minimum Gasteiger partial charge on any atom is -0.331 e. The molecule has 0 unspecified atom stereocenters. The van der Waals surface area contributed by atoms with E-state index in [0.717, 1.165) is 11.1 Å². The second-order valence-corrected chi connectivity index (χ2v) is 5.35. The first-order chi connectivity index (χ1) is 10.4. The van der Waals surface area contributed by atoms with Gasteiger partial charge in [0.2, 0.25) is 0 Å². The molecule has 6 nitrogen and oxygen atoms in total. The Morgan fingerprint density at radius 3 is 2.59 bits per heavy atom. The molecule has 1 aromatic carbocycles. The van der Waals surface area contributed by atoms with Gasteiger partial charge in [-0.3, -0.25) is 9.48 Å². The molecule has 0 saturated heterocycles. The summed E-state index contributed by atoms with van der Waals surface area (Å²) in [6.45, 7) is 5.26. The summed E-state index contributed by atoms with van der Waals surface area (Å²) in [7, 11) is 1.83. The SMILES string of the molecule is CC(=O)c1ccc(NC(=O)N[C@H](C)c2cnn(C)c2)cc1C. The molecule has 0 aliphatic rings. The first-order valence-electron chi connectivity index (χ1n) is 7.04. The summed E-state index contributed by atoms with van der Waals surface area (Å²) in [4.78, 5) is 23.4. The van der Waals surface area contributed by atoms with E-state index in [0.29, 0.717) is 11.3 Å². The van der Waals surface area contributed by atoms with Gasteiger partial charge in [0.1, 0.15) is 0 Å². The number of benzene rings is 1. The van der Waals surface area contributed by atoms with Crippen LogP contribution < -0.4 is 10.6 Å². The maximum Gasteiger partial charge on any atom is 0.319 e. The second kappa shape index (κ2) is 6.43. The van der Waals surface area contributed by atoms with E-state index in [4.69, 9.17) is 0 Å². The predicted octanol–water partition coefficient (Wildman–Crippen LogP) is 2.81. The van der Waals surface area contributed by atoms with Crippen molar-refractivity contribution in [3.63, 3.8) is 0 Å². The van der Waals surface area contributed by atoms with Crippen LogP contribution >= 0.6 is 0 Å². The number of hydrogen-bond acceptors (Lipinski definition) is 3. The Labute approximate surface area is 129 Å². The Hall–Kier alpha value is -2.63. The zero-order chi connectivity index (χ0) is 16.3. The van der Waals surface area contributed by atoms with Crippen molar-refractivity contribution < 1.29 is 9.59 Å². The Balaban J connectivity index is 2.00. The number of carbonyl (C=O) groups is 2. The van der Waals surface area contributed by atoms with Crippen LogP contribution in [0.5, 0.6) is 0 Å². The van der Waals surface area contributed by atoms with E-state index in [1.165, 1.54) is 6.92 Å². The van der Waals surface area contributed by atoms with E-state index in [2.05, 4.69) is 15.7 Å². The number of urea groups is 1. The van der Waals surface area contributed by atoms with Gasteiger partial charge in [-0.1, -0.05) is 0 Å². The topological polar surface area (TPSA) is 76.0 Å². The molecule has 2 rings (SSSR count). The highest BCUT2D eigenvalue weighted by Gasteiger charge is 2.12. The fraction of sp³-hybridized carbons (Fsp3) is 0.312. The molecule has 6 heteroatoms. The number of carbonyl (C=O) groups excluding carboxylic acids is 2. The molecular weight excluding hydrogens is 280 g/mol. The third-order valence-electron chi connectivity index (χ3n) is 3.44. The van der Waals surface area contributed by atoms with Gasteiger partial charge in [0.05, 0.1) is 12.2 Å². The van der Waals surface area contributed by atoms with Crippen LogP contribution in [0.15, 0.2) is 30.6 Å². The van der Waals surface area contributed by atoms with Crippen molar-refractivity contribution >= 4 is 17.5 Å². The van der Waals surface area contributed by atoms with Gasteiger partial charge in [-0.2, -0.15) is 5.10 Å². The average molecular weight is 300 g/mol. The summed E-state index contributed by atoms with van der Waals surface area (Å²) < 4.78 is 1.69. The number of ketones is 1. The van der Waals surface area contributed by atoms with E-state index in [9.17, 15) is 9.59 Å². The van der Waals surface area contributed by atoms with Crippen molar-refractivity contribution in [3.05, 3.63) is 47.3 Å². The lowest BCUT2D eigenvalue weighted by Gasteiger charge is -2.14. The molecule has 1 aromatic heterocycles. The molecule has 2 N–H and O–H groups in total. The van der Waals surface area contributed by atoms with Gasteiger partial charge in [0.15, 0.2) is 5.78 Å². The predicted molar refractivity (Wildman–Crippen MR) is 85.0 cm³/mol. The number of Topliss-reactive ketones (excluding diaryl/α,β-unsaturated/α-hetero) is 1. The van der Waals surface area contributed by atoms with Gasteiger partial charge >= 0.3 is 6.03 Å². The van der Waals surface area contributed by atoms with Gasteiger partial charge in [-0.25, -0.2) is 4.79 Å². The van der Waals surface area contributed by atoms with E-state index in [1.54, 1.807) is 29.1 Å². The van der Waals surface area contributed by atoms with Crippen LogP contribution in [0.3, 0.4) is 0 Å². The first-order valence-corrected chi connectivity index (χ1v) is 7.04. The molecule has 2 amide bonds. The van der Waals surface area contributed by atoms with Crippen LogP contribution in [0.25, 0.3) is 0 Å². The van der Waals surface area contributed by atoms with Crippen LogP contribution in [-0.2, 0) is 7.05 Å². The first kappa shape index (κ1) is 15.8. The maximum absolute atomic E-state index is 12.0. The van der Waals surface area contributed by atoms with Crippen LogP contribution in [0.1, 0.15) is 41.4 Å². The number of anilines is 1. The maximum atomic E-state index is 12.0. The number of aryl methyl sites for hydroxylation is 2. The average Bonchev–Trinajstić information content (AvgIpc) is 2.85. The molecule has 0 aliphatic carbocycles. The van der Waals surface area contributed by atoms with E-state index >= 15 is 0 Å². The summed E-state index contributed by atoms with van der Waals surface area (Å²) in [6, 6.07) is 4.78. The Kier molecular flexibility index (Phi) is 4.60. The second-order valence-electron chi connectivity index (χ2n) is 5.35. The Morgan fingerprint density at radius 1 is 1.32 bits per heavy atom. The molecule has 0 radical (unpaired) electrons. The van der Waals surface area contributed by atoms with Crippen molar-refractivity contribution in [3.8, 4) is 0 Å². The lowest BCUT2D eigenvalue weighted by Crippen LogP contribution is -2.31. The summed E-state index contributed by atoms with van der Waals surface area (Å²) in [6.07, 6.45) is 3.58. The fourth-order valence-corrected chi connectivity index (χ4v) is 2.25. The number of amides is 2. The third-order valence-corrected chi connectivity index (χ3v) is 3.44. The van der Waals surface area contributed by atoms with Gasteiger partial charge in [-0.15, -0.1) is 0 Å². The number of hydrogen-bond donors (Lipinski definition) is 2. The van der Waals surface area contributed by atoms with Crippen LogP contribution in [0.4, 0.5) is 10.5 Å². The number of nitrogens with zero attached hydrogens (tertiary/aromatic N) is 2. The largest absolute Gasteiger partial charge is 0.331 e. The van der Waals surface area contributed by atoms with Crippen molar-refractivity contribution in [1.82, 2.24) is 15.1 Å². The minimum atomic E-state index is -0.300. The number of rotatable bonds is 4. The molecule has 116 valence electrons. The summed E-state index contributed by atoms with van der Waals surface area (Å²) in [5, 5.41) is 9.69. The molecule has 0 bridgehead atoms. The molecular formula is C16H20N4O2. The fourth-order valence-electron chi connectivity index (χ4n) is 2.25. The molecule has 0 saturated carbocycles. The summed E-state index contributed by atoms with van der Waals surface area (Å²) >= 11 is 0. The molecule has 1 atom stereocenters.